The molecule has 0 saturated heterocycles. The Bertz CT molecular complexity index is 1820. The average Bonchev–Trinajstić information content (AvgIpc) is 3.04. The summed E-state index contributed by atoms with van der Waals surface area (Å²) in [4.78, 5) is 30.1. The van der Waals surface area contributed by atoms with E-state index in [0.29, 0.717) is 32.6 Å². The lowest BCUT2D eigenvalue weighted by Crippen LogP contribution is -2.54. The summed E-state index contributed by atoms with van der Waals surface area (Å²) < 4.78 is 29.6. The van der Waals surface area contributed by atoms with Gasteiger partial charge in [-0.15, -0.1) is 0 Å². The topological polar surface area (TPSA) is 86.8 Å². The predicted octanol–water partition coefficient (Wildman–Crippen LogP) is 8.01. The maximum absolute atomic E-state index is 14.7. The van der Waals surface area contributed by atoms with Gasteiger partial charge < -0.3 is 10.2 Å². The van der Waals surface area contributed by atoms with Crippen molar-refractivity contribution in [2.45, 2.75) is 64.1 Å². The predicted molar refractivity (Wildman–Crippen MR) is 191 cm³/mol. The summed E-state index contributed by atoms with van der Waals surface area (Å²) in [7, 11) is -4.26. The van der Waals surface area contributed by atoms with Crippen LogP contribution in [0.25, 0.3) is 0 Å². The van der Waals surface area contributed by atoms with E-state index < -0.39 is 28.5 Å². The molecule has 0 aliphatic carbocycles. The summed E-state index contributed by atoms with van der Waals surface area (Å²) in [6.45, 7) is 6.82. The number of anilines is 1. The highest BCUT2D eigenvalue weighted by molar-refractivity contribution is 7.92. The third kappa shape index (κ3) is 9.29. The largest absolute Gasteiger partial charge is 0.352 e. The molecule has 0 aliphatic rings. The van der Waals surface area contributed by atoms with Crippen molar-refractivity contribution < 1.29 is 18.0 Å². The van der Waals surface area contributed by atoms with Crippen molar-refractivity contribution in [2.24, 2.45) is 0 Å². The molecule has 4 aromatic rings. The maximum Gasteiger partial charge on any atom is 0.264 e. The van der Waals surface area contributed by atoms with Crippen molar-refractivity contribution >= 4 is 62.3 Å². The van der Waals surface area contributed by atoms with Crippen LogP contribution in [0.4, 0.5) is 5.69 Å². The highest BCUT2D eigenvalue weighted by Crippen LogP contribution is 2.31. The van der Waals surface area contributed by atoms with Gasteiger partial charge in [-0.1, -0.05) is 102 Å². The van der Waals surface area contributed by atoms with Gasteiger partial charge in [-0.25, -0.2) is 8.42 Å². The number of hydrogen-bond donors (Lipinski definition) is 1. The number of nitrogens with one attached hydrogen (secondary N) is 1. The van der Waals surface area contributed by atoms with E-state index in [0.717, 1.165) is 15.4 Å². The number of sulfonamides is 1. The molecule has 0 radical (unpaired) electrons. The van der Waals surface area contributed by atoms with Crippen molar-refractivity contribution in [1.29, 1.82) is 0 Å². The average molecular weight is 715 g/mol. The van der Waals surface area contributed by atoms with Crippen LogP contribution in [0.2, 0.25) is 15.1 Å². The van der Waals surface area contributed by atoms with E-state index in [1.807, 2.05) is 51.1 Å². The Morgan fingerprint density at radius 2 is 1.51 bits per heavy atom. The van der Waals surface area contributed by atoms with Crippen molar-refractivity contribution in [3.8, 4) is 0 Å². The number of nitrogens with zero attached hydrogens (tertiary/aromatic N) is 2. The van der Waals surface area contributed by atoms with Gasteiger partial charge in [-0.05, 0) is 80.3 Å². The van der Waals surface area contributed by atoms with Gasteiger partial charge in [0.2, 0.25) is 11.8 Å². The normalized spacial score (nSPS) is 12.7. The Balaban J connectivity index is 1.85. The van der Waals surface area contributed by atoms with Gasteiger partial charge in [0.1, 0.15) is 12.6 Å². The van der Waals surface area contributed by atoms with Gasteiger partial charge in [-0.2, -0.15) is 0 Å². The summed E-state index contributed by atoms with van der Waals surface area (Å²) in [5, 5.41) is 3.97. The van der Waals surface area contributed by atoms with Crippen molar-refractivity contribution in [3.05, 3.63) is 128 Å². The highest BCUT2D eigenvalue weighted by atomic mass is 35.5. The monoisotopic (exact) mass is 713 g/mol. The van der Waals surface area contributed by atoms with Gasteiger partial charge in [0.25, 0.3) is 10.0 Å². The third-order valence-corrected chi connectivity index (χ3v) is 10.7. The van der Waals surface area contributed by atoms with Gasteiger partial charge in [0, 0.05) is 24.0 Å². The number of carbonyl (C=O) groups excluding carboxylic acids is 2. The van der Waals surface area contributed by atoms with Gasteiger partial charge in [-0.3, -0.25) is 13.9 Å². The van der Waals surface area contributed by atoms with Gasteiger partial charge >= 0.3 is 0 Å². The standard InChI is InChI=1S/C36H38Cl3N3O4S/c1-5-26(4)40-36(44)34(20-27-9-7-6-8-10-27)41(22-28-14-18-31(38)32(39)19-28)35(43)23-42(33-21-29(37)15-13-25(33)3)47(45,46)30-16-11-24(2)12-17-30/h6-19,21,26,34H,5,20,22-23H2,1-4H3,(H,40,44)/t26-,34-/m0/s1. The van der Waals surface area contributed by atoms with Crippen LogP contribution in [-0.4, -0.2) is 43.8 Å². The molecule has 0 heterocycles. The Morgan fingerprint density at radius 3 is 2.15 bits per heavy atom. The van der Waals surface area contributed by atoms with E-state index in [-0.39, 0.29) is 35.5 Å². The van der Waals surface area contributed by atoms with Gasteiger partial charge in [0.05, 0.1) is 20.6 Å². The third-order valence-electron chi connectivity index (χ3n) is 7.94. The highest BCUT2D eigenvalue weighted by Gasteiger charge is 2.35. The first-order valence-electron chi connectivity index (χ1n) is 15.2. The fraction of sp³-hybridized carbons (Fsp3) is 0.278. The zero-order valence-corrected chi connectivity index (χ0v) is 29.8. The maximum atomic E-state index is 14.7. The fourth-order valence-electron chi connectivity index (χ4n) is 5.03. The molecule has 4 rings (SSSR count). The van der Waals surface area contributed by atoms with Crippen LogP contribution in [0.3, 0.4) is 0 Å². The first-order chi connectivity index (χ1) is 22.3. The quantitative estimate of drug-likeness (QED) is 0.152. The van der Waals surface area contributed by atoms with Crippen LogP contribution in [-0.2, 0) is 32.6 Å². The minimum Gasteiger partial charge on any atom is -0.352 e. The molecule has 2 amide bonds. The Hall–Kier alpha value is -3.56. The lowest BCUT2D eigenvalue weighted by atomic mass is 10.0. The number of halogens is 3. The molecule has 0 spiro atoms. The lowest BCUT2D eigenvalue weighted by Gasteiger charge is -2.34. The first kappa shape index (κ1) is 36.3. The van der Waals surface area contributed by atoms with Crippen LogP contribution in [0.1, 0.15) is 42.5 Å². The number of amides is 2. The minimum atomic E-state index is -4.26. The number of carbonyl (C=O) groups is 2. The lowest BCUT2D eigenvalue weighted by molar-refractivity contribution is -0.140. The Morgan fingerprint density at radius 1 is 0.830 bits per heavy atom. The van der Waals surface area contributed by atoms with Gasteiger partial charge in [0.15, 0.2) is 0 Å². The Kier molecular flexibility index (Phi) is 12.4. The van der Waals surface area contributed by atoms with Crippen LogP contribution in [0.5, 0.6) is 0 Å². The molecule has 248 valence electrons. The molecular formula is C36H38Cl3N3O4S. The number of hydrogen-bond acceptors (Lipinski definition) is 4. The molecule has 0 unspecified atom stereocenters. The second-order valence-electron chi connectivity index (χ2n) is 11.5. The molecule has 0 bridgehead atoms. The van der Waals surface area contributed by atoms with E-state index in [2.05, 4.69) is 5.32 Å². The molecule has 4 aromatic carbocycles. The fourth-order valence-corrected chi connectivity index (χ4v) is 6.99. The molecule has 47 heavy (non-hydrogen) atoms. The second-order valence-corrected chi connectivity index (χ2v) is 14.7. The van der Waals surface area contributed by atoms with Crippen molar-refractivity contribution in [2.75, 3.05) is 10.8 Å². The number of rotatable bonds is 13. The summed E-state index contributed by atoms with van der Waals surface area (Å²) in [5.74, 6) is -0.949. The molecule has 7 nitrogen and oxygen atoms in total. The van der Waals surface area contributed by atoms with E-state index in [9.17, 15) is 18.0 Å². The number of benzene rings is 4. The molecule has 0 fully saturated rings. The summed E-state index contributed by atoms with van der Waals surface area (Å²) in [6, 6.07) is 24.5. The SMILES string of the molecule is CC[C@H](C)NC(=O)[C@H](Cc1ccccc1)N(Cc1ccc(Cl)c(Cl)c1)C(=O)CN(c1cc(Cl)ccc1C)S(=O)(=O)c1ccc(C)cc1. The molecule has 0 aliphatic heterocycles. The minimum absolute atomic E-state index is 0.0154. The zero-order chi connectivity index (χ0) is 34.3. The zero-order valence-electron chi connectivity index (χ0n) is 26.7. The summed E-state index contributed by atoms with van der Waals surface area (Å²) in [5.41, 5.74) is 3.19. The molecular weight excluding hydrogens is 677 g/mol. The van der Waals surface area contributed by atoms with Crippen LogP contribution < -0.4 is 9.62 Å². The molecule has 11 heteroatoms. The van der Waals surface area contributed by atoms with Crippen LogP contribution >= 0.6 is 34.8 Å². The summed E-state index contributed by atoms with van der Waals surface area (Å²) >= 11 is 18.9. The molecule has 1 N–H and O–H groups in total. The smallest absolute Gasteiger partial charge is 0.264 e. The first-order valence-corrected chi connectivity index (χ1v) is 17.8. The Labute approximate surface area is 292 Å². The van der Waals surface area contributed by atoms with Crippen LogP contribution in [0, 0.1) is 13.8 Å². The number of aryl methyl sites for hydroxylation is 2. The second kappa shape index (κ2) is 16.0. The van der Waals surface area contributed by atoms with Crippen LogP contribution in [0.15, 0.2) is 95.9 Å². The molecule has 0 aromatic heterocycles. The summed E-state index contributed by atoms with van der Waals surface area (Å²) in [6.07, 6.45) is 0.873. The molecule has 2 atom stereocenters. The van der Waals surface area contributed by atoms with E-state index in [1.54, 1.807) is 49.4 Å². The van der Waals surface area contributed by atoms with Crippen molar-refractivity contribution in [1.82, 2.24) is 10.2 Å². The molecule has 0 saturated carbocycles. The van der Waals surface area contributed by atoms with Crippen molar-refractivity contribution in [3.63, 3.8) is 0 Å². The van der Waals surface area contributed by atoms with E-state index in [4.69, 9.17) is 34.8 Å². The van der Waals surface area contributed by atoms with E-state index in [1.165, 1.54) is 23.1 Å². The van der Waals surface area contributed by atoms with E-state index >= 15 is 0 Å².